The van der Waals surface area contributed by atoms with Gasteiger partial charge in [-0.2, -0.15) is 0 Å². The van der Waals surface area contributed by atoms with Gasteiger partial charge in [-0.05, 0) is 24.7 Å². The van der Waals surface area contributed by atoms with Crippen molar-refractivity contribution in [3.8, 4) is 0 Å². The molecule has 1 saturated carbocycles. The molecule has 23 heavy (non-hydrogen) atoms. The summed E-state index contributed by atoms with van der Waals surface area (Å²) in [7, 11) is 0. The minimum atomic E-state index is -0.200. The summed E-state index contributed by atoms with van der Waals surface area (Å²) in [5.74, 6) is 1.25. The molecule has 1 N–H and O–H groups in total. The number of fused-ring (bicyclic) bond motifs is 1. The Morgan fingerprint density at radius 2 is 1.83 bits per heavy atom. The van der Waals surface area contributed by atoms with Crippen molar-refractivity contribution >= 4 is 28.1 Å². The van der Waals surface area contributed by atoms with Gasteiger partial charge in [-0.1, -0.05) is 15.9 Å². The summed E-state index contributed by atoms with van der Waals surface area (Å²) in [5.41, 5.74) is 0. The minimum absolute atomic E-state index is 0.0362. The third-order valence-corrected chi connectivity index (χ3v) is 6.08. The highest BCUT2D eigenvalue weighted by atomic mass is 79.9. The van der Waals surface area contributed by atoms with E-state index in [0.717, 1.165) is 25.9 Å². The Morgan fingerprint density at radius 3 is 2.52 bits per heavy atom. The van der Waals surface area contributed by atoms with E-state index in [4.69, 9.17) is 9.47 Å². The highest BCUT2D eigenvalue weighted by Crippen LogP contribution is 2.50. The zero-order valence-electron chi connectivity index (χ0n) is 13.2. The third-order valence-electron chi connectivity index (χ3n) is 4.72. The quantitative estimate of drug-likeness (QED) is 0.567. The van der Waals surface area contributed by atoms with Crippen molar-refractivity contribution in [1.29, 1.82) is 0 Å². The van der Waals surface area contributed by atoms with E-state index in [1.807, 2.05) is 0 Å². The Labute approximate surface area is 144 Å². The lowest BCUT2D eigenvalue weighted by Gasteiger charge is -2.26. The second-order valence-electron chi connectivity index (χ2n) is 6.33. The van der Waals surface area contributed by atoms with Crippen molar-refractivity contribution in [3.63, 3.8) is 0 Å². The molecule has 0 bridgehead atoms. The van der Waals surface area contributed by atoms with Crippen LogP contribution in [-0.2, 0) is 9.47 Å². The zero-order valence-corrected chi connectivity index (χ0v) is 14.8. The summed E-state index contributed by atoms with van der Waals surface area (Å²) in [6.45, 7) is 5.16. The molecular formula is C15H24BrN3O4. The van der Waals surface area contributed by atoms with Gasteiger partial charge >= 0.3 is 12.1 Å². The Bertz CT molecular complexity index is 432. The van der Waals surface area contributed by atoms with Gasteiger partial charge in [0, 0.05) is 37.6 Å². The largest absolute Gasteiger partial charge is 0.449 e. The second-order valence-corrected chi connectivity index (χ2v) is 7.39. The first-order chi connectivity index (χ1) is 11.2. The number of hydrogen-bond acceptors (Lipinski definition) is 4. The fourth-order valence-corrected chi connectivity index (χ4v) is 4.10. The van der Waals surface area contributed by atoms with Crippen LogP contribution < -0.4 is 5.32 Å². The first-order valence-corrected chi connectivity index (χ1v) is 9.24. The summed E-state index contributed by atoms with van der Waals surface area (Å²) in [6, 6.07) is -0.0362. The molecule has 2 heterocycles. The average Bonchev–Trinajstić information content (AvgIpc) is 3.00. The molecule has 3 rings (SSSR count). The Balaban J connectivity index is 1.19. The van der Waals surface area contributed by atoms with E-state index in [1.165, 1.54) is 0 Å². The lowest BCUT2D eigenvalue weighted by Crippen LogP contribution is -2.46. The van der Waals surface area contributed by atoms with Crippen LogP contribution in [0.25, 0.3) is 0 Å². The van der Waals surface area contributed by atoms with Gasteiger partial charge in [0.1, 0.15) is 0 Å². The van der Waals surface area contributed by atoms with Crippen LogP contribution in [0.3, 0.4) is 0 Å². The van der Waals surface area contributed by atoms with E-state index in [1.54, 1.807) is 9.80 Å². The molecule has 0 aromatic carbocycles. The van der Waals surface area contributed by atoms with Gasteiger partial charge in [-0.3, -0.25) is 0 Å². The summed E-state index contributed by atoms with van der Waals surface area (Å²) in [5, 5.41) is 2.89. The van der Waals surface area contributed by atoms with Crippen LogP contribution in [0.2, 0.25) is 0 Å². The van der Waals surface area contributed by atoms with E-state index in [9.17, 15) is 9.59 Å². The van der Waals surface area contributed by atoms with Gasteiger partial charge < -0.3 is 24.6 Å². The van der Waals surface area contributed by atoms with Gasteiger partial charge in [-0.25, -0.2) is 9.59 Å². The Hall–Kier alpha value is -1.02. The first-order valence-electron chi connectivity index (χ1n) is 8.33. The van der Waals surface area contributed by atoms with Crippen molar-refractivity contribution < 1.29 is 19.1 Å². The number of halogens is 1. The number of alkyl halides is 1. The number of carbonyl (C=O) groups excluding carboxylic acids is 2. The summed E-state index contributed by atoms with van der Waals surface area (Å²) < 4.78 is 10.5. The molecular weight excluding hydrogens is 366 g/mol. The van der Waals surface area contributed by atoms with Gasteiger partial charge in [0.25, 0.3) is 0 Å². The normalized spacial score (nSPS) is 29.2. The molecule has 8 heteroatoms. The van der Waals surface area contributed by atoms with Crippen molar-refractivity contribution in [2.24, 2.45) is 11.8 Å². The number of nitrogens with one attached hydrogen (secondary N) is 1. The van der Waals surface area contributed by atoms with Crippen LogP contribution in [0.1, 0.15) is 12.8 Å². The number of ether oxygens (including phenoxy) is 2. The van der Waals surface area contributed by atoms with Crippen molar-refractivity contribution in [1.82, 2.24) is 15.1 Å². The Kier molecular flexibility index (Phi) is 5.63. The van der Waals surface area contributed by atoms with Crippen molar-refractivity contribution in [3.05, 3.63) is 0 Å². The number of carbonyl (C=O) groups is 2. The molecule has 0 radical (unpaired) electrons. The number of urea groups is 1. The van der Waals surface area contributed by atoms with E-state index in [0.29, 0.717) is 56.1 Å². The van der Waals surface area contributed by atoms with Crippen LogP contribution >= 0.6 is 15.9 Å². The maximum atomic E-state index is 11.9. The summed E-state index contributed by atoms with van der Waals surface area (Å²) >= 11 is 3.60. The van der Waals surface area contributed by atoms with E-state index >= 15 is 0 Å². The summed E-state index contributed by atoms with van der Waals surface area (Å²) in [6.07, 6.45) is 1.36. The van der Waals surface area contributed by atoms with Crippen LogP contribution in [-0.4, -0.2) is 79.3 Å². The fourth-order valence-electron chi connectivity index (χ4n) is 3.15. The van der Waals surface area contributed by atoms with Gasteiger partial charge in [0.05, 0.1) is 19.8 Å². The minimum Gasteiger partial charge on any atom is -0.449 e. The summed E-state index contributed by atoms with van der Waals surface area (Å²) in [4.78, 5) is 27.9. The number of likely N-dealkylation sites (tertiary alicyclic amines) is 1. The molecule has 1 aliphatic carbocycles. The molecule has 0 aromatic rings. The molecule has 3 atom stereocenters. The smallest absolute Gasteiger partial charge is 0.409 e. The molecule has 2 aliphatic heterocycles. The molecule has 0 aromatic heterocycles. The van der Waals surface area contributed by atoms with Crippen molar-refractivity contribution in [2.75, 3.05) is 52.5 Å². The molecule has 3 aliphatic rings. The van der Waals surface area contributed by atoms with Crippen molar-refractivity contribution in [2.45, 2.75) is 17.7 Å². The number of unbranched alkanes of at least 4 members (excludes halogenated alkanes) is 1. The second kappa shape index (κ2) is 7.70. The standard InChI is InChI=1S/C15H24BrN3O4/c16-13-11-9-19(10-12(11)13)15(21)23-6-2-1-3-17-14(20)18-4-7-22-8-5-18/h11-13H,1-10H2,(H,17,20)/t11-,12+,13?. The number of hydrogen-bond donors (Lipinski definition) is 1. The predicted molar refractivity (Wildman–Crippen MR) is 87.6 cm³/mol. The lowest BCUT2D eigenvalue weighted by atomic mass is 10.3. The number of nitrogens with zero attached hydrogens (tertiary/aromatic N) is 2. The average molecular weight is 390 g/mol. The highest BCUT2D eigenvalue weighted by Gasteiger charge is 2.55. The van der Waals surface area contributed by atoms with E-state index < -0.39 is 0 Å². The fraction of sp³-hybridized carbons (Fsp3) is 0.867. The van der Waals surface area contributed by atoms with Crippen LogP contribution in [0.4, 0.5) is 9.59 Å². The van der Waals surface area contributed by atoms with Gasteiger partial charge in [0.15, 0.2) is 0 Å². The number of morpholine rings is 1. The molecule has 0 spiro atoms. The monoisotopic (exact) mass is 389 g/mol. The van der Waals surface area contributed by atoms with E-state index in [2.05, 4.69) is 21.2 Å². The molecule has 1 unspecified atom stereocenters. The van der Waals surface area contributed by atoms with E-state index in [-0.39, 0.29) is 12.1 Å². The van der Waals surface area contributed by atoms with Gasteiger partial charge in [-0.15, -0.1) is 0 Å². The van der Waals surface area contributed by atoms with Crippen LogP contribution in [0.15, 0.2) is 0 Å². The first kappa shape index (κ1) is 16.8. The molecule has 130 valence electrons. The molecule has 3 fully saturated rings. The molecule has 2 saturated heterocycles. The number of piperidine rings is 1. The highest BCUT2D eigenvalue weighted by molar-refractivity contribution is 9.09. The number of rotatable bonds is 5. The maximum Gasteiger partial charge on any atom is 0.409 e. The third kappa shape index (κ3) is 4.29. The Morgan fingerprint density at radius 1 is 1.13 bits per heavy atom. The number of amides is 3. The van der Waals surface area contributed by atoms with Crippen LogP contribution in [0, 0.1) is 11.8 Å². The molecule has 3 amide bonds. The lowest BCUT2D eigenvalue weighted by molar-refractivity contribution is 0.0532. The maximum absolute atomic E-state index is 11.9. The van der Waals surface area contributed by atoms with Crippen LogP contribution in [0.5, 0.6) is 0 Å². The topological polar surface area (TPSA) is 71.1 Å². The van der Waals surface area contributed by atoms with Gasteiger partial charge in [0.2, 0.25) is 0 Å². The molecule has 7 nitrogen and oxygen atoms in total. The SMILES string of the molecule is O=C(NCCCCOC(=O)N1C[C@@H]2C(Br)[C@@H]2C1)N1CCOCC1. The zero-order chi connectivity index (χ0) is 16.2. The predicted octanol–water partition coefficient (Wildman–Crippen LogP) is 1.27.